The van der Waals surface area contributed by atoms with E-state index in [2.05, 4.69) is 21.6 Å². The van der Waals surface area contributed by atoms with Crippen LogP contribution in [0.4, 0.5) is 0 Å². The second-order valence-corrected chi connectivity index (χ2v) is 4.65. The first-order valence-electron chi connectivity index (χ1n) is 6.90. The fourth-order valence-corrected chi connectivity index (χ4v) is 2.13. The molecule has 2 heterocycles. The number of aromatic nitrogens is 2. The summed E-state index contributed by atoms with van der Waals surface area (Å²) in [5.41, 5.74) is 2.92. The van der Waals surface area contributed by atoms with Crippen LogP contribution in [-0.2, 0) is 17.6 Å². The normalized spacial score (nSPS) is 10.4. The van der Waals surface area contributed by atoms with Crippen molar-refractivity contribution in [1.29, 1.82) is 0 Å². The first-order valence-corrected chi connectivity index (χ1v) is 6.90. The van der Waals surface area contributed by atoms with Gasteiger partial charge in [-0.25, -0.2) is 4.79 Å². The van der Waals surface area contributed by atoms with Crippen molar-refractivity contribution in [3.63, 3.8) is 0 Å². The quantitative estimate of drug-likeness (QED) is 0.876. The van der Waals surface area contributed by atoms with E-state index in [1.54, 1.807) is 12.3 Å². The summed E-state index contributed by atoms with van der Waals surface area (Å²) in [4.78, 5) is 30.7. The number of hydrogen-bond donors (Lipinski definition) is 1. The SMILES string of the molecule is CCc1ccc(-c2cc(C(=O)OC)c(=O)[nH]c2CC)nc1. The van der Waals surface area contributed by atoms with Crippen LogP contribution in [0.5, 0.6) is 0 Å². The summed E-state index contributed by atoms with van der Waals surface area (Å²) >= 11 is 0. The minimum atomic E-state index is -0.648. The highest BCUT2D eigenvalue weighted by Gasteiger charge is 2.16. The van der Waals surface area contributed by atoms with Crippen molar-refractivity contribution in [3.8, 4) is 11.3 Å². The van der Waals surface area contributed by atoms with Crippen molar-refractivity contribution >= 4 is 5.97 Å². The van der Waals surface area contributed by atoms with Gasteiger partial charge in [-0.3, -0.25) is 9.78 Å². The van der Waals surface area contributed by atoms with Gasteiger partial charge in [0, 0.05) is 17.5 Å². The first-order chi connectivity index (χ1) is 10.1. The molecule has 0 aliphatic rings. The van der Waals surface area contributed by atoms with E-state index in [1.807, 2.05) is 19.1 Å². The van der Waals surface area contributed by atoms with E-state index in [4.69, 9.17) is 0 Å². The van der Waals surface area contributed by atoms with Crippen molar-refractivity contribution in [1.82, 2.24) is 9.97 Å². The molecule has 0 aromatic carbocycles. The van der Waals surface area contributed by atoms with Crippen LogP contribution in [0.25, 0.3) is 11.3 Å². The third-order valence-electron chi connectivity index (χ3n) is 3.39. The fraction of sp³-hybridized carbons (Fsp3) is 0.312. The van der Waals surface area contributed by atoms with Gasteiger partial charge in [-0.2, -0.15) is 0 Å². The number of ether oxygens (including phenoxy) is 1. The Kier molecular flexibility index (Phi) is 4.52. The Labute approximate surface area is 123 Å². The molecule has 2 rings (SSSR count). The molecule has 5 heteroatoms. The molecule has 0 amide bonds. The largest absolute Gasteiger partial charge is 0.465 e. The number of pyridine rings is 2. The Bertz CT molecular complexity index is 702. The summed E-state index contributed by atoms with van der Waals surface area (Å²) in [5.74, 6) is -0.648. The Balaban J connectivity index is 2.59. The summed E-state index contributed by atoms with van der Waals surface area (Å²) in [7, 11) is 1.25. The third-order valence-corrected chi connectivity index (χ3v) is 3.39. The maximum absolute atomic E-state index is 11.9. The second-order valence-electron chi connectivity index (χ2n) is 4.65. The molecule has 0 fully saturated rings. The minimum absolute atomic E-state index is 0.00827. The first kappa shape index (κ1) is 15.0. The van der Waals surface area contributed by atoms with Crippen molar-refractivity contribution in [2.45, 2.75) is 26.7 Å². The highest BCUT2D eigenvalue weighted by atomic mass is 16.5. The van der Waals surface area contributed by atoms with Gasteiger partial charge in [0.25, 0.3) is 5.56 Å². The number of rotatable bonds is 4. The Morgan fingerprint density at radius 1 is 1.29 bits per heavy atom. The Hall–Kier alpha value is -2.43. The predicted octanol–water partition coefficient (Wildman–Crippen LogP) is 2.35. The van der Waals surface area contributed by atoms with Crippen molar-refractivity contribution in [2.24, 2.45) is 0 Å². The van der Waals surface area contributed by atoms with E-state index in [-0.39, 0.29) is 5.56 Å². The van der Waals surface area contributed by atoms with E-state index in [0.29, 0.717) is 6.42 Å². The molecule has 21 heavy (non-hydrogen) atoms. The molecular weight excluding hydrogens is 268 g/mol. The van der Waals surface area contributed by atoms with Crippen molar-refractivity contribution in [3.05, 3.63) is 51.6 Å². The summed E-state index contributed by atoms with van der Waals surface area (Å²) < 4.78 is 4.64. The number of carbonyl (C=O) groups is 1. The molecule has 0 radical (unpaired) electrons. The van der Waals surface area contributed by atoms with Gasteiger partial charge in [0.2, 0.25) is 0 Å². The van der Waals surface area contributed by atoms with Gasteiger partial charge < -0.3 is 9.72 Å². The molecular formula is C16H18N2O3. The molecule has 0 bridgehead atoms. The average molecular weight is 286 g/mol. The number of carbonyl (C=O) groups excluding carboxylic acids is 1. The molecule has 1 N–H and O–H groups in total. The zero-order chi connectivity index (χ0) is 15.4. The number of H-pyrrole nitrogens is 1. The topological polar surface area (TPSA) is 72.1 Å². The maximum atomic E-state index is 11.9. The molecule has 0 aliphatic heterocycles. The lowest BCUT2D eigenvalue weighted by atomic mass is 10.0. The highest BCUT2D eigenvalue weighted by Crippen LogP contribution is 2.21. The minimum Gasteiger partial charge on any atom is -0.465 e. The second kappa shape index (κ2) is 6.35. The van der Waals surface area contributed by atoms with Crippen LogP contribution in [0.1, 0.15) is 35.5 Å². The van der Waals surface area contributed by atoms with E-state index in [9.17, 15) is 9.59 Å². The number of esters is 1. The molecule has 0 saturated carbocycles. The smallest absolute Gasteiger partial charge is 0.343 e. The van der Waals surface area contributed by atoms with E-state index in [0.717, 1.165) is 28.9 Å². The molecule has 110 valence electrons. The lowest BCUT2D eigenvalue weighted by Gasteiger charge is -2.09. The standard InChI is InChI=1S/C16H18N2O3/c1-4-10-6-7-14(17-9-10)11-8-12(16(20)21-3)15(19)18-13(11)5-2/h6-9H,4-5H2,1-3H3,(H,18,19). The summed E-state index contributed by atoms with van der Waals surface area (Å²) in [6.07, 6.45) is 3.36. The summed E-state index contributed by atoms with van der Waals surface area (Å²) in [6, 6.07) is 5.44. The van der Waals surface area contributed by atoms with Gasteiger partial charge in [-0.05, 0) is 30.5 Å². The van der Waals surface area contributed by atoms with E-state index >= 15 is 0 Å². The highest BCUT2D eigenvalue weighted by molar-refractivity contribution is 5.90. The average Bonchev–Trinajstić information content (AvgIpc) is 2.53. The van der Waals surface area contributed by atoms with Gasteiger partial charge in [-0.15, -0.1) is 0 Å². The molecule has 2 aromatic heterocycles. The van der Waals surface area contributed by atoms with Gasteiger partial charge >= 0.3 is 5.97 Å². The van der Waals surface area contributed by atoms with Crippen LogP contribution < -0.4 is 5.56 Å². The molecule has 5 nitrogen and oxygen atoms in total. The van der Waals surface area contributed by atoms with Crippen molar-refractivity contribution < 1.29 is 9.53 Å². The predicted molar refractivity (Wildman–Crippen MR) is 80.4 cm³/mol. The zero-order valence-electron chi connectivity index (χ0n) is 12.4. The zero-order valence-corrected chi connectivity index (χ0v) is 12.4. The number of aromatic amines is 1. The van der Waals surface area contributed by atoms with Gasteiger partial charge in [0.1, 0.15) is 5.56 Å². The van der Waals surface area contributed by atoms with Crippen LogP contribution in [0.15, 0.2) is 29.2 Å². The van der Waals surface area contributed by atoms with E-state index < -0.39 is 11.5 Å². The van der Waals surface area contributed by atoms with Crippen LogP contribution >= 0.6 is 0 Å². The number of methoxy groups -OCH3 is 1. The number of hydrogen-bond acceptors (Lipinski definition) is 4. The molecule has 0 aliphatic carbocycles. The number of aryl methyl sites for hydroxylation is 2. The third kappa shape index (κ3) is 3.02. The lowest BCUT2D eigenvalue weighted by Crippen LogP contribution is -2.20. The summed E-state index contributed by atoms with van der Waals surface area (Å²) in [5, 5.41) is 0. The molecule has 0 atom stereocenters. The van der Waals surface area contributed by atoms with Crippen LogP contribution in [0, 0.1) is 0 Å². The van der Waals surface area contributed by atoms with Crippen LogP contribution in [-0.4, -0.2) is 23.0 Å². The Morgan fingerprint density at radius 2 is 2.05 bits per heavy atom. The molecule has 0 saturated heterocycles. The van der Waals surface area contributed by atoms with Gasteiger partial charge in [-0.1, -0.05) is 19.9 Å². The maximum Gasteiger partial charge on any atom is 0.343 e. The molecule has 0 spiro atoms. The summed E-state index contributed by atoms with van der Waals surface area (Å²) in [6.45, 7) is 4.00. The van der Waals surface area contributed by atoms with Gasteiger partial charge in [0.05, 0.1) is 12.8 Å². The number of nitrogens with zero attached hydrogens (tertiary/aromatic N) is 1. The van der Waals surface area contributed by atoms with Crippen molar-refractivity contribution in [2.75, 3.05) is 7.11 Å². The van der Waals surface area contributed by atoms with Gasteiger partial charge in [0.15, 0.2) is 0 Å². The monoisotopic (exact) mass is 286 g/mol. The Morgan fingerprint density at radius 3 is 2.57 bits per heavy atom. The molecule has 2 aromatic rings. The number of nitrogens with one attached hydrogen (secondary N) is 1. The van der Waals surface area contributed by atoms with E-state index in [1.165, 1.54) is 7.11 Å². The molecule has 0 unspecified atom stereocenters. The van der Waals surface area contributed by atoms with Crippen LogP contribution in [0.3, 0.4) is 0 Å². The fourth-order valence-electron chi connectivity index (χ4n) is 2.13. The lowest BCUT2D eigenvalue weighted by molar-refractivity contribution is 0.0598. The van der Waals surface area contributed by atoms with Crippen LogP contribution in [0.2, 0.25) is 0 Å².